The van der Waals surface area contributed by atoms with Gasteiger partial charge in [0.05, 0.1) is 0 Å². The van der Waals surface area contributed by atoms with E-state index in [0.29, 0.717) is 0 Å². The van der Waals surface area contributed by atoms with Crippen molar-refractivity contribution in [3.8, 4) is 0 Å². The van der Waals surface area contributed by atoms with Crippen LogP contribution in [0.1, 0.15) is 5.56 Å². The van der Waals surface area contributed by atoms with Gasteiger partial charge in [-0.25, -0.2) is 0 Å². The van der Waals surface area contributed by atoms with Crippen molar-refractivity contribution >= 4 is 18.7 Å². The first kappa shape index (κ1) is 9.31. The zero-order valence-corrected chi connectivity index (χ0v) is 7.64. The minimum atomic E-state index is 0.871. The van der Waals surface area contributed by atoms with Gasteiger partial charge in [-0.05, 0) is 16.0 Å². The van der Waals surface area contributed by atoms with Crippen molar-refractivity contribution in [1.82, 2.24) is 0 Å². The maximum Gasteiger partial charge on any atom is 0.0230 e. The summed E-state index contributed by atoms with van der Waals surface area (Å²) in [7, 11) is 0. The van der Waals surface area contributed by atoms with E-state index in [1.165, 1.54) is 0 Å². The van der Waals surface area contributed by atoms with E-state index in [0.717, 1.165) is 21.6 Å². The van der Waals surface area contributed by atoms with E-state index in [1.54, 1.807) is 6.08 Å². The molecule has 13 heavy (non-hydrogen) atoms. The molecule has 0 saturated carbocycles. The van der Waals surface area contributed by atoms with Gasteiger partial charge in [0.2, 0.25) is 0 Å². The van der Waals surface area contributed by atoms with Crippen LogP contribution in [0.15, 0.2) is 43.2 Å². The molecule has 0 N–H and O–H groups in total. The van der Waals surface area contributed by atoms with Gasteiger partial charge >= 0.3 is 0 Å². The van der Waals surface area contributed by atoms with E-state index < -0.39 is 0 Å². The van der Waals surface area contributed by atoms with Crippen LogP contribution < -0.4 is 10.4 Å². The van der Waals surface area contributed by atoms with Crippen LogP contribution in [0.25, 0.3) is 18.7 Å². The Hall–Kier alpha value is -1.78. The van der Waals surface area contributed by atoms with E-state index in [9.17, 15) is 0 Å². The fraction of sp³-hybridized carbons (Fsp3) is 0. The highest BCUT2D eigenvalue weighted by molar-refractivity contribution is 5.73. The second-order valence-electron chi connectivity index (χ2n) is 2.74. The lowest BCUT2D eigenvalue weighted by Gasteiger charge is -1.99. The summed E-state index contributed by atoms with van der Waals surface area (Å²) in [5.74, 6) is 0. The SMILES string of the molecule is C=C=C(C=C)c1cccc(=C)c1=C. The quantitative estimate of drug-likeness (QED) is 0.467. The standard InChI is InChI=1S/C13H12/c1-5-12(6-2)13-9-7-8-10(3)11(13)4/h5,7-9H,1-4H2. The fourth-order valence-electron chi connectivity index (χ4n) is 1.16. The number of hydrogen-bond donors (Lipinski definition) is 0. The number of rotatable bonds is 2. The van der Waals surface area contributed by atoms with Crippen molar-refractivity contribution in [1.29, 1.82) is 0 Å². The van der Waals surface area contributed by atoms with Crippen LogP contribution in [0, 0.1) is 0 Å². The average molecular weight is 168 g/mol. The van der Waals surface area contributed by atoms with Gasteiger partial charge in [-0.1, -0.05) is 50.6 Å². The highest BCUT2D eigenvalue weighted by Gasteiger charge is 1.96. The first-order valence-corrected chi connectivity index (χ1v) is 4.00. The monoisotopic (exact) mass is 168 g/mol. The second-order valence-corrected chi connectivity index (χ2v) is 2.74. The normalized spacial score (nSPS) is 8.92. The molecule has 0 atom stereocenters. The second kappa shape index (κ2) is 3.75. The van der Waals surface area contributed by atoms with Gasteiger partial charge in [0, 0.05) is 5.57 Å². The molecule has 0 spiro atoms. The van der Waals surface area contributed by atoms with Gasteiger partial charge in [0.1, 0.15) is 0 Å². The summed E-state index contributed by atoms with van der Waals surface area (Å²) in [5.41, 5.74) is 4.69. The van der Waals surface area contributed by atoms with Gasteiger partial charge in [0.25, 0.3) is 0 Å². The van der Waals surface area contributed by atoms with Crippen molar-refractivity contribution in [2.75, 3.05) is 0 Å². The topological polar surface area (TPSA) is 0 Å². The molecule has 0 aliphatic heterocycles. The third-order valence-corrected chi connectivity index (χ3v) is 1.96. The minimum absolute atomic E-state index is 0.871. The number of hydrogen-bond acceptors (Lipinski definition) is 0. The lowest BCUT2D eigenvalue weighted by molar-refractivity contribution is 1.49. The van der Waals surface area contributed by atoms with Crippen LogP contribution in [0.3, 0.4) is 0 Å². The molecule has 1 aromatic rings. The van der Waals surface area contributed by atoms with Crippen molar-refractivity contribution in [2.24, 2.45) is 0 Å². The molecule has 0 heterocycles. The van der Waals surface area contributed by atoms with Gasteiger partial charge < -0.3 is 0 Å². The fourth-order valence-corrected chi connectivity index (χ4v) is 1.16. The highest BCUT2D eigenvalue weighted by Crippen LogP contribution is 2.06. The van der Waals surface area contributed by atoms with Crippen LogP contribution >= 0.6 is 0 Å². The van der Waals surface area contributed by atoms with Crippen LogP contribution in [-0.2, 0) is 0 Å². The molecular formula is C13H12. The van der Waals surface area contributed by atoms with E-state index in [1.807, 2.05) is 18.2 Å². The molecule has 0 aliphatic rings. The summed E-state index contributed by atoms with van der Waals surface area (Å²) in [6.07, 6.45) is 1.72. The maximum absolute atomic E-state index is 3.94. The lowest BCUT2D eigenvalue weighted by atomic mass is 10.0. The molecule has 0 unspecified atom stereocenters. The molecule has 0 radical (unpaired) electrons. The maximum atomic E-state index is 3.94. The first-order valence-electron chi connectivity index (χ1n) is 4.00. The summed E-state index contributed by atoms with van der Waals surface area (Å²) in [6, 6.07) is 5.83. The minimum Gasteiger partial charge on any atom is -0.120 e. The Morgan fingerprint density at radius 3 is 2.54 bits per heavy atom. The van der Waals surface area contributed by atoms with Crippen LogP contribution in [-0.4, -0.2) is 0 Å². The molecule has 0 heteroatoms. The molecular weight excluding hydrogens is 156 g/mol. The first-order chi connectivity index (χ1) is 6.20. The Morgan fingerprint density at radius 1 is 1.31 bits per heavy atom. The lowest BCUT2D eigenvalue weighted by Crippen LogP contribution is -2.24. The average Bonchev–Trinajstić information content (AvgIpc) is 2.14. The van der Waals surface area contributed by atoms with E-state index in [4.69, 9.17) is 0 Å². The predicted octanol–water partition coefficient (Wildman–Crippen LogP) is 1.86. The Labute approximate surface area is 78.5 Å². The largest absolute Gasteiger partial charge is 0.120 e. The molecule has 1 aromatic carbocycles. The molecule has 0 aromatic heterocycles. The zero-order chi connectivity index (χ0) is 9.84. The summed E-state index contributed by atoms with van der Waals surface area (Å²) < 4.78 is 0. The van der Waals surface area contributed by atoms with Gasteiger partial charge in [0.15, 0.2) is 0 Å². The van der Waals surface area contributed by atoms with Crippen molar-refractivity contribution in [2.45, 2.75) is 0 Å². The van der Waals surface area contributed by atoms with Gasteiger partial charge in [-0.15, -0.1) is 5.73 Å². The molecule has 0 nitrogen and oxygen atoms in total. The molecule has 0 amide bonds. The number of benzene rings is 1. The third-order valence-electron chi connectivity index (χ3n) is 1.96. The van der Waals surface area contributed by atoms with Gasteiger partial charge in [-0.2, -0.15) is 0 Å². The molecule has 0 aliphatic carbocycles. The zero-order valence-electron chi connectivity index (χ0n) is 7.64. The van der Waals surface area contributed by atoms with Crippen LogP contribution in [0.2, 0.25) is 0 Å². The smallest absolute Gasteiger partial charge is 0.0230 e. The summed E-state index contributed by atoms with van der Waals surface area (Å²) in [6.45, 7) is 15.1. The summed E-state index contributed by atoms with van der Waals surface area (Å²) in [5, 5.41) is 1.83. The molecule has 1 rings (SSSR count). The van der Waals surface area contributed by atoms with Crippen molar-refractivity contribution in [3.05, 3.63) is 59.2 Å². The van der Waals surface area contributed by atoms with E-state index >= 15 is 0 Å². The highest BCUT2D eigenvalue weighted by atomic mass is 14.0. The van der Waals surface area contributed by atoms with E-state index in [-0.39, 0.29) is 0 Å². The van der Waals surface area contributed by atoms with Crippen LogP contribution in [0.5, 0.6) is 0 Å². The third kappa shape index (κ3) is 1.69. The van der Waals surface area contributed by atoms with Crippen molar-refractivity contribution < 1.29 is 0 Å². The molecule has 0 fully saturated rings. The molecule has 0 bridgehead atoms. The van der Waals surface area contributed by atoms with E-state index in [2.05, 4.69) is 32.0 Å². The Kier molecular flexibility index (Phi) is 2.69. The molecule has 0 saturated heterocycles. The predicted molar refractivity (Wildman–Crippen MR) is 59.5 cm³/mol. The Balaban J connectivity index is 3.57. The molecule has 64 valence electrons. The summed E-state index contributed by atoms with van der Waals surface area (Å²) >= 11 is 0. The van der Waals surface area contributed by atoms with Gasteiger partial charge in [-0.3, -0.25) is 0 Å². The Bertz CT molecular complexity index is 471. The Morgan fingerprint density at radius 2 is 2.00 bits per heavy atom. The van der Waals surface area contributed by atoms with Crippen LogP contribution in [0.4, 0.5) is 0 Å². The van der Waals surface area contributed by atoms with Crippen molar-refractivity contribution in [3.63, 3.8) is 0 Å². The number of allylic oxidation sites excluding steroid dienone is 2. The summed E-state index contributed by atoms with van der Waals surface area (Å²) in [4.78, 5) is 0.